The molecule has 0 aliphatic carbocycles. The molecular formula is C21H22N2O5. The normalized spacial score (nSPS) is 10.4. The number of carbonyl (C=O) groups is 3. The van der Waals surface area contributed by atoms with Crippen LogP contribution in [0.4, 0.5) is 5.69 Å². The van der Waals surface area contributed by atoms with Gasteiger partial charge in [-0.05, 0) is 35.9 Å². The summed E-state index contributed by atoms with van der Waals surface area (Å²) >= 11 is 0. The van der Waals surface area contributed by atoms with Crippen LogP contribution in [0.2, 0.25) is 0 Å². The summed E-state index contributed by atoms with van der Waals surface area (Å²) in [6.07, 6.45) is 3.02. The molecule has 7 heteroatoms. The van der Waals surface area contributed by atoms with Crippen LogP contribution in [0, 0.1) is 0 Å². The molecule has 0 aliphatic heterocycles. The number of para-hydroxylation sites is 1. The van der Waals surface area contributed by atoms with Crippen LogP contribution in [-0.2, 0) is 14.3 Å². The quantitative estimate of drug-likeness (QED) is 0.588. The lowest BCUT2D eigenvalue weighted by Crippen LogP contribution is -2.34. The summed E-state index contributed by atoms with van der Waals surface area (Å²) in [4.78, 5) is 37.5. The van der Waals surface area contributed by atoms with E-state index in [1.54, 1.807) is 43.5 Å². The van der Waals surface area contributed by atoms with E-state index in [1.807, 2.05) is 18.2 Å². The highest BCUT2D eigenvalue weighted by atomic mass is 16.5. The number of anilines is 1. The summed E-state index contributed by atoms with van der Waals surface area (Å²) in [5.41, 5.74) is 1.37. The highest BCUT2D eigenvalue weighted by molar-refractivity contribution is 6.03. The SMILES string of the molecule is COC(=O)c1ccccc1NC(=O)CN(C)C(=O)/C=C/c1cccc(OC)c1. The second kappa shape index (κ2) is 9.91. The van der Waals surface area contributed by atoms with Gasteiger partial charge in [0.2, 0.25) is 11.8 Å². The van der Waals surface area contributed by atoms with Crippen molar-refractivity contribution in [3.8, 4) is 5.75 Å². The van der Waals surface area contributed by atoms with Gasteiger partial charge in [-0.15, -0.1) is 0 Å². The highest BCUT2D eigenvalue weighted by Gasteiger charge is 2.15. The van der Waals surface area contributed by atoms with Crippen molar-refractivity contribution in [1.29, 1.82) is 0 Å². The van der Waals surface area contributed by atoms with Gasteiger partial charge in [0.1, 0.15) is 5.75 Å². The van der Waals surface area contributed by atoms with E-state index in [2.05, 4.69) is 5.32 Å². The Balaban J connectivity index is 1.97. The highest BCUT2D eigenvalue weighted by Crippen LogP contribution is 2.16. The van der Waals surface area contributed by atoms with Crippen LogP contribution in [0.25, 0.3) is 6.08 Å². The van der Waals surface area contributed by atoms with Gasteiger partial charge in [0.15, 0.2) is 0 Å². The lowest BCUT2D eigenvalue weighted by Gasteiger charge is -2.16. The molecule has 0 spiro atoms. The topological polar surface area (TPSA) is 84.9 Å². The lowest BCUT2D eigenvalue weighted by molar-refractivity contribution is -0.129. The Hall–Kier alpha value is -3.61. The molecule has 28 heavy (non-hydrogen) atoms. The van der Waals surface area contributed by atoms with E-state index in [0.29, 0.717) is 11.4 Å². The Morgan fingerprint density at radius 2 is 1.82 bits per heavy atom. The number of amides is 2. The molecule has 1 N–H and O–H groups in total. The molecule has 2 aromatic carbocycles. The Labute approximate surface area is 163 Å². The molecular weight excluding hydrogens is 360 g/mol. The average molecular weight is 382 g/mol. The Morgan fingerprint density at radius 3 is 2.54 bits per heavy atom. The smallest absolute Gasteiger partial charge is 0.339 e. The zero-order valence-electron chi connectivity index (χ0n) is 16.0. The first kappa shape index (κ1) is 20.7. The van der Waals surface area contributed by atoms with Crippen LogP contribution < -0.4 is 10.1 Å². The van der Waals surface area contributed by atoms with Crippen molar-refractivity contribution in [3.05, 3.63) is 65.7 Å². The summed E-state index contributed by atoms with van der Waals surface area (Å²) in [7, 11) is 4.35. The molecule has 0 heterocycles. The third-order valence-corrected chi connectivity index (χ3v) is 3.88. The van der Waals surface area contributed by atoms with Gasteiger partial charge in [0, 0.05) is 13.1 Å². The maximum Gasteiger partial charge on any atom is 0.339 e. The molecule has 146 valence electrons. The number of hydrogen-bond donors (Lipinski definition) is 1. The van der Waals surface area contributed by atoms with Crippen molar-refractivity contribution < 1.29 is 23.9 Å². The largest absolute Gasteiger partial charge is 0.497 e. The summed E-state index contributed by atoms with van der Waals surface area (Å²) < 4.78 is 9.83. The van der Waals surface area contributed by atoms with Gasteiger partial charge in [0.05, 0.1) is 32.0 Å². The van der Waals surface area contributed by atoms with Gasteiger partial charge in [-0.1, -0.05) is 24.3 Å². The number of methoxy groups -OCH3 is 2. The number of nitrogens with zero attached hydrogens (tertiary/aromatic N) is 1. The van der Waals surface area contributed by atoms with E-state index >= 15 is 0 Å². The van der Waals surface area contributed by atoms with E-state index in [1.165, 1.54) is 25.1 Å². The van der Waals surface area contributed by atoms with Gasteiger partial charge < -0.3 is 19.7 Å². The number of nitrogens with one attached hydrogen (secondary N) is 1. The third kappa shape index (κ3) is 5.70. The van der Waals surface area contributed by atoms with E-state index in [0.717, 1.165) is 5.56 Å². The summed E-state index contributed by atoms with van der Waals surface area (Å²) in [5, 5.41) is 2.63. The molecule has 0 aliphatic rings. The summed E-state index contributed by atoms with van der Waals surface area (Å²) in [6.45, 7) is -0.170. The molecule has 0 aromatic heterocycles. The second-order valence-corrected chi connectivity index (χ2v) is 5.89. The van der Waals surface area contributed by atoms with Gasteiger partial charge in [-0.2, -0.15) is 0 Å². The van der Waals surface area contributed by atoms with Crippen LogP contribution in [0.5, 0.6) is 5.75 Å². The number of ether oxygens (including phenoxy) is 2. The fourth-order valence-corrected chi connectivity index (χ4v) is 2.40. The van der Waals surface area contributed by atoms with Crippen molar-refractivity contribution in [2.45, 2.75) is 0 Å². The minimum Gasteiger partial charge on any atom is -0.497 e. The van der Waals surface area contributed by atoms with Crippen LogP contribution in [-0.4, -0.2) is 50.5 Å². The van der Waals surface area contributed by atoms with Gasteiger partial charge in [0.25, 0.3) is 0 Å². The number of hydrogen-bond acceptors (Lipinski definition) is 5. The maximum atomic E-state index is 12.3. The minimum atomic E-state index is -0.554. The predicted molar refractivity (Wildman–Crippen MR) is 106 cm³/mol. The molecule has 2 amide bonds. The number of benzene rings is 2. The van der Waals surface area contributed by atoms with Crippen LogP contribution >= 0.6 is 0 Å². The number of likely N-dealkylation sites (N-methyl/N-ethyl adjacent to an activating group) is 1. The Bertz CT molecular complexity index is 892. The molecule has 0 atom stereocenters. The molecule has 0 radical (unpaired) electrons. The Kier molecular flexibility index (Phi) is 7.33. The fraction of sp³-hybridized carbons (Fsp3) is 0.190. The molecule has 2 rings (SSSR count). The monoisotopic (exact) mass is 382 g/mol. The standard InChI is InChI=1S/C21H22N2O5/c1-23(20(25)12-11-15-7-6-8-16(13-15)27-2)14-19(24)22-18-10-5-4-9-17(18)21(26)28-3/h4-13H,14H2,1-3H3,(H,22,24)/b12-11+. The van der Waals surface area contributed by atoms with E-state index in [4.69, 9.17) is 9.47 Å². The second-order valence-electron chi connectivity index (χ2n) is 5.89. The first-order valence-corrected chi connectivity index (χ1v) is 8.49. The van der Waals surface area contributed by atoms with Crippen molar-refractivity contribution >= 4 is 29.5 Å². The van der Waals surface area contributed by atoms with Gasteiger partial charge >= 0.3 is 5.97 Å². The third-order valence-electron chi connectivity index (χ3n) is 3.88. The van der Waals surface area contributed by atoms with Gasteiger partial charge in [-0.25, -0.2) is 4.79 Å². The molecule has 0 bridgehead atoms. The van der Waals surface area contributed by atoms with E-state index in [-0.39, 0.29) is 18.0 Å². The fourth-order valence-electron chi connectivity index (χ4n) is 2.40. The van der Waals surface area contributed by atoms with E-state index < -0.39 is 11.9 Å². The zero-order chi connectivity index (χ0) is 20.5. The lowest BCUT2D eigenvalue weighted by atomic mass is 10.2. The average Bonchev–Trinajstić information content (AvgIpc) is 2.71. The molecule has 7 nitrogen and oxygen atoms in total. The summed E-state index contributed by atoms with van der Waals surface area (Å²) in [5.74, 6) is -0.630. The first-order valence-electron chi connectivity index (χ1n) is 8.49. The molecule has 2 aromatic rings. The molecule has 0 saturated carbocycles. The van der Waals surface area contributed by atoms with Crippen LogP contribution in [0.1, 0.15) is 15.9 Å². The van der Waals surface area contributed by atoms with Crippen molar-refractivity contribution in [3.63, 3.8) is 0 Å². The van der Waals surface area contributed by atoms with E-state index in [9.17, 15) is 14.4 Å². The number of rotatable bonds is 7. The predicted octanol–water partition coefficient (Wildman–Crippen LogP) is 2.59. The zero-order valence-corrected chi connectivity index (χ0v) is 16.0. The summed E-state index contributed by atoms with van der Waals surface area (Å²) in [6, 6.07) is 13.8. The van der Waals surface area contributed by atoms with Gasteiger partial charge in [-0.3, -0.25) is 9.59 Å². The molecule has 0 saturated heterocycles. The van der Waals surface area contributed by atoms with Crippen molar-refractivity contribution in [2.75, 3.05) is 33.1 Å². The van der Waals surface area contributed by atoms with Crippen molar-refractivity contribution in [1.82, 2.24) is 4.90 Å². The van der Waals surface area contributed by atoms with Crippen LogP contribution in [0.3, 0.4) is 0 Å². The van der Waals surface area contributed by atoms with Crippen molar-refractivity contribution in [2.24, 2.45) is 0 Å². The molecule has 0 unspecified atom stereocenters. The van der Waals surface area contributed by atoms with Crippen LogP contribution in [0.15, 0.2) is 54.6 Å². The maximum absolute atomic E-state index is 12.3. The molecule has 0 fully saturated rings. The number of carbonyl (C=O) groups excluding carboxylic acids is 3. The number of esters is 1. The Morgan fingerprint density at radius 1 is 1.07 bits per heavy atom. The first-order chi connectivity index (χ1) is 13.4. The minimum absolute atomic E-state index is 0.170.